The van der Waals surface area contributed by atoms with Crippen molar-refractivity contribution in [1.82, 2.24) is 20.2 Å². The molecular formula is C32H37ClN4O8. The zero-order chi connectivity index (χ0) is 32.9. The minimum absolute atomic E-state index is 0.175. The lowest BCUT2D eigenvalue weighted by atomic mass is 10.1. The van der Waals surface area contributed by atoms with Gasteiger partial charge in [-0.25, -0.2) is 14.4 Å². The normalized spacial score (nSPS) is 13.8. The number of amides is 3. The molecule has 0 unspecified atom stereocenters. The number of benzene rings is 2. The third-order valence-electron chi connectivity index (χ3n) is 6.18. The first-order valence-electron chi connectivity index (χ1n) is 14.4. The Kier molecular flexibility index (Phi) is 10.2. The van der Waals surface area contributed by atoms with Gasteiger partial charge < -0.3 is 19.5 Å². The number of halogens is 1. The molecule has 2 aromatic carbocycles. The molecule has 2 heterocycles. The van der Waals surface area contributed by atoms with Crippen LogP contribution >= 0.6 is 11.6 Å². The van der Waals surface area contributed by atoms with E-state index >= 15 is 0 Å². The fourth-order valence-corrected chi connectivity index (χ4v) is 4.54. The molecule has 4 rings (SSSR count). The number of imide groups is 1. The molecule has 0 aliphatic carbocycles. The third kappa shape index (κ3) is 9.05. The number of hydrogen-bond donors (Lipinski definition) is 1. The number of carbonyl (C=O) groups is 4. The van der Waals surface area contributed by atoms with Gasteiger partial charge in [0, 0.05) is 30.4 Å². The summed E-state index contributed by atoms with van der Waals surface area (Å²) in [7, 11) is 0. The SMILES string of the molecule is CC(C)(C)OC(=O)NCCCn1cc(-c2ccc(OC[C@H](ON3C(=O)c4ccccc4C3=O)C(=O)OC(C)(C)C)cc2Cl)cn1. The molecule has 12 nitrogen and oxygen atoms in total. The number of nitrogens with one attached hydrogen (secondary N) is 1. The molecule has 45 heavy (non-hydrogen) atoms. The molecule has 1 N–H and O–H groups in total. The molecule has 13 heteroatoms. The molecule has 0 radical (unpaired) electrons. The van der Waals surface area contributed by atoms with Crippen LogP contribution in [0.2, 0.25) is 5.02 Å². The van der Waals surface area contributed by atoms with E-state index < -0.39 is 41.2 Å². The largest absolute Gasteiger partial charge is 0.490 e. The Bertz CT molecular complexity index is 1540. The molecule has 1 aromatic heterocycles. The van der Waals surface area contributed by atoms with Crippen molar-refractivity contribution in [2.24, 2.45) is 0 Å². The summed E-state index contributed by atoms with van der Waals surface area (Å²) in [4.78, 5) is 56.1. The number of hydrogen-bond acceptors (Lipinski definition) is 9. The number of nitrogens with zero attached hydrogens (tertiary/aromatic N) is 3. The van der Waals surface area contributed by atoms with E-state index in [1.807, 2.05) is 6.20 Å². The van der Waals surface area contributed by atoms with Gasteiger partial charge in [-0.1, -0.05) is 23.7 Å². The zero-order valence-corrected chi connectivity index (χ0v) is 26.8. The van der Waals surface area contributed by atoms with Gasteiger partial charge in [-0.2, -0.15) is 5.10 Å². The summed E-state index contributed by atoms with van der Waals surface area (Å²) >= 11 is 6.58. The maximum absolute atomic E-state index is 13.0. The minimum atomic E-state index is -1.44. The monoisotopic (exact) mass is 640 g/mol. The van der Waals surface area contributed by atoms with E-state index in [1.165, 1.54) is 12.1 Å². The van der Waals surface area contributed by atoms with E-state index in [0.29, 0.717) is 40.9 Å². The Morgan fingerprint density at radius 1 is 0.933 bits per heavy atom. The fraction of sp³-hybridized carbons (Fsp3) is 0.406. The maximum Gasteiger partial charge on any atom is 0.407 e. The van der Waals surface area contributed by atoms with Crippen LogP contribution in [-0.4, -0.2) is 69.2 Å². The Morgan fingerprint density at radius 2 is 1.58 bits per heavy atom. The molecule has 0 bridgehead atoms. The van der Waals surface area contributed by atoms with Crippen LogP contribution in [0.3, 0.4) is 0 Å². The van der Waals surface area contributed by atoms with Gasteiger partial charge in [-0.05, 0) is 78.3 Å². The summed E-state index contributed by atoms with van der Waals surface area (Å²) in [5.74, 6) is -1.85. The summed E-state index contributed by atoms with van der Waals surface area (Å²) in [6.07, 6.45) is 2.25. The Morgan fingerprint density at radius 3 is 2.18 bits per heavy atom. The lowest BCUT2D eigenvalue weighted by Crippen LogP contribution is -2.43. The second-order valence-electron chi connectivity index (χ2n) is 12.3. The summed E-state index contributed by atoms with van der Waals surface area (Å²) in [5, 5.41) is 8.02. The molecule has 0 saturated carbocycles. The van der Waals surface area contributed by atoms with Crippen molar-refractivity contribution < 1.29 is 38.2 Å². The average Bonchev–Trinajstić information content (AvgIpc) is 3.50. The van der Waals surface area contributed by atoms with Crippen LogP contribution in [-0.2, 0) is 25.7 Å². The van der Waals surface area contributed by atoms with Crippen LogP contribution < -0.4 is 10.1 Å². The predicted octanol–water partition coefficient (Wildman–Crippen LogP) is 5.44. The van der Waals surface area contributed by atoms with Crippen LogP contribution in [0.4, 0.5) is 4.79 Å². The minimum Gasteiger partial charge on any atom is -0.490 e. The highest BCUT2D eigenvalue weighted by Gasteiger charge is 2.40. The molecule has 1 aliphatic rings. The van der Waals surface area contributed by atoms with Gasteiger partial charge in [-0.15, -0.1) is 5.06 Å². The number of alkyl carbamates (subject to hydrolysis) is 1. The van der Waals surface area contributed by atoms with E-state index in [2.05, 4.69) is 10.4 Å². The van der Waals surface area contributed by atoms with E-state index in [4.69, 9.17) is 30.6 Å². The lowest BCUT2D eigenvalue weighted by Gasteiger charge is -2.26. The van der Waals surface area contributed by atoms with Crippen LogP contribution in [0.1, 0.15) is 68.7 Å². The molecule has 0 saturated heterocycles. The lowest BCUT2D eigenvalue weighted by molar-refractivity contribution is -0.193. The summed E-state index contributed by atoms with van der Waals surface area (Å²) in [6.45, 7) is 11.1. The quantitative estimate of drug-likeness (QED) is 0.165. The van der Waals surface area contributed by atoms with Crippen LogP contribution in [0, 0.1) is 0 Å². The van der Waals surface area contributed by atoms with Gasteiger partial charge in [0.05, 0.1) is 22.3 Å². The molecule has 1 aliphatic heterocycles. The number of hydroxylamine groups is 2. The highest BCUT2D eigenvalue weighted by Crippen LogP contribution is 2.31. The summed E-state index contributed by atoms with van der Waals surface area (Å²) < 4.78 is 18.3. The van der Waals surface area contributed by atoms with Gasteiger partial charge in [-0.3, -0.25) is 14.3 Å². The second kappa shape index (κ2) is 13.7. The highest BCUT2D eigenvalue weighted by atomic mass is 35.5. The molecule has 0 spiro atoms. The molecular weight excluding hydrogens is 604 g/mol. The number of aryl methyl sites for hydroxylation is 1. The predicted molar refractivity (Wildman–Crippen MR) is 165 cm³/mol. The number of ether oxygens (including phenoxy) is 3. The van der Waals surface area contributed by atoms with Gasteiger partial charge in [0.1, 0.15) is 23.6 Å². The molecule has 1 atom stereocenters. The van der Waals surface area contributed by atoms with Gasteiger partial charge >= 0.3 is 12.1 Å². The van der Waals surface area contributed by atoms with E-state index in [-0.39, 0.29) is 17.7 Å². The molecule has 3 aromatic rings. The second-order valence-corrected chi connectivity index (χ2v) is 12.7. The van der Waals surface area contributed by atoms with Gasteiger partial charge in [0.2, 0.25) is 6.10 Å². The average molecular weight is 641 g/mol. The first kappa shape index (κ1) is 33.5. The summed E-state index contributed by atoms with van der Waals surface area (Å²) in [5.41, 5.74) is 0.408. The van der Waals surface area contributed by atoms with E-state index in [0.717, 1.165) is 5.56 Å². The first-order chi connectivity index (χ1) is 21.1. The molecule has 240 valence electrons. The van der Waals surface area contributed by atoms with Crippen molar-refractivity contribution in [2.75, 3.05) is 13.2 Å². The number of aromatic nitrogens is 2. The third-order valence-corrected chi connectivity index (χ3v) is 6.49. The molecule has 0 fully saturated rings. The smallest absolute Gasteiger partial charge is 0.407 e. The summed E-state index contributed by atoms with van der Waals surface area (Å²) in [6, 6.07) is 11.3. The fourth-order valence-electron chi connectivity index (χ4n) is 4.26. The Labute approximate surface area is 266 Å². The van der Waals surface area contributed by atoms with Gasteiger partial charge in [0.15, 0.2) is 0 Å². The number of carbonyl (C=O) groups excluding carboxylic acids is 4. The van der Waals surface area contributed by atoms with Crippen LogP contribution in [0.25, 0.3) is 11.1 Å². The van der Waals surface area contributed by atoms with Crippen molar-refractivity contribution >= 4 is 35.5 Å². The van der Waals surface area contributed by atoms with Crippen molar-refractivity contribution in [3.8, 4) is 16.9 Å². The van der Waals surface area contributed by atoms with E-state index in [9.17, 15) is 19.2 Å². The number of rotatable bonds is 11. The first-order valence-corrected chi connectivity index (χ1v) is 14.8. The van der Waals surface area contributed by atoms with Crippen LogP contribution in [0.15, 0.2) is 54.9 Å². The Hall–Kier alpha value is -4.42. The number of fused-ring (bicyclic) bond motifs is 1. The Balaban J connectivity index is 1.38. The maximum atomic E-state index is 13.0. The van der Waals surface area contributed by atoms with E-state index in [1.54, 1.807) is 82.8 Å². The van der Waals surface area contributed by atoms with Gasteiger partial charge in [0.25, 0.3) is 11.8 Å². The zero-order valence-electron chi connectivity index (χ0n) is 26.1. The number of esters is 1. The highest BCUT2D eigenvalue weighted by molar-refractivity contribution is 6.33. The standard InChI is InChI=1S/C32H37ClN4O8/c1-31(2,3)43-29(40)26(45-37-27(38)23-10-7-8-11-24(23)28(37)39)19-42-21-12-13-22(25(33)16-21)20-17-35-36(18-20)15-9-14-34-30(41)44-32(4,5)6/h7-8,10-13,16-18,26H,9,14-15,19H2,1-6H3,(H,34,41)/t26-/m0/s1. The van der Waals surface area contributed by atoms with Crippen molar-refractivity contribution in [3.63, 3.8) is 0 Å². The topological polar surface area (TPSA) is 138 Å². The van der Waals surface area contributed by atoms with Crippen LogP contribution in [0.5, 0.6) is 5.75 Å². The van der Waals surface area contributed by atoms with Crippen molar-refractivity contribution in [1.29, 1.82) is 0 Å². The van der Waals surface area contributed by atoms with Crippen molar-refractivity contribution in [3.05, 3.63) is 71.0 Å². The molecule has 3 amide bonds. The van der Waals surface area contributed by atoms with Crippen molar-refractivity contribution in [2.45, 2.75) is 71.8 Å².